The zero-order valence-electron chi connectivity index (χ0n) is 20.3. The number of likely N-dealkylation sites (tertiary alicyclic amines) is 1. The number of aromatic nitrogens is 2. The fourth-order valence-corrected chi connectivity index (χ4v) is 4.18. The molecular formula is C23H32ClN9O4. The fourth-order valence-electron chi connectivity index (χ4n) is 4.06. The number of halogens is 1. The third-order valence-electron chi connectivity index (χ3n) is 5.89. The minimum atomic E-state index is -0.709. The standard InChI is InChI=1S/C23H32ClN9O4/c24-18-20(26)31-19(25)17(30-18)22(36)32-23(28)29-15-3-6-33(7-4-15)12-13-1-2-16(21(27)35)14(11-13)5-9-37-10-8-34/h1-2,11,15,34H,3-10,12H2,(H2,27,35)(H4,25,26,31)(H3,28,29,32,36). The number of nitrogens with one attached hydrogen (secondary N) is 3. The van der Waals surface area contributed by atoms with Crippen LogP contribution in [-0.2, 0) is 17.7 Å². The highest BCUT2D eigenvalue weighted by molar-refractivity contribution is 6.31. The molecule has 2 heterocycles. The summed E-state index contributed by atoms with van der Waals surface area (Å²) in [7, 11) is 0. The molecule has 13 nitrogen and oxygen atoms in total. The molecule has 1 aromatic carbocycles. The first-order chi connectivity index (χ1) is 17.7. The molecule has 1 aromatic heterocycles. The van der Waals surface area contributed by atoms with Crippen LogP contribution in [0.15, 0.2) is 18.2 Å². The maximum atomic E-state index is 12.4. The van der Waals surface area contributed by atoms with Crippen LogP contribution in [-0.4, -0.2) is 76.7 Å². The first kappa shape index (κ1) is 28.1. The lowest BCUT2D eigenvalue weighted by atomic mass is 9.99. The van der Waals surface area contributed by atoms with Crippen LogP contribution >= 0.6 is 11.6 Å². The van der Waals surface area contributed by atoms with Gasteiger partial charge in [-0.25, -0.2) is 9.97 Å². The molecular weight excluding hydrogens is 502 g/mol. The van der Waals surface area contributed by atoms with Crippen LogP contribution in [0.4, 0.5) is 11.6 Å². The van der Waals surface area contributed by atoms with Crippen LogP contribution in [0.2, 0.25) is 5.15 Å². The zero-order chi connectivity index (χ0) is 26.9. The predicted molar refractivity (Wildman–Crippen MR) is 139 cm³/mol. The van der Waals surface area contributed by atoms with Gasteiger partial charge in [-0.15, -0.1) is 0 Å². The molecule has 1 aliphatic rings. The summed E-state index contributed by atoms with van der Waals surface area (Å²) in [5, 5.41) is 22.2. The number of carbonyl (C=O) groups is 2. The number of aliphatic hydroxyl groups excluding tert-OH is 1. The summed E-state index contributed by atoms with van der Waals surface area (Å²) in [4.78, 5) is 34.1. The fraction of sp³-hybridized carbons (Fsp3) is 0.435. The third kappa shape index (κ3) is 7.98. The van der Waals surface area contributed by atoms with Crippen molar-refractivity contribution in [3.63, 3.8) is 0 Å². The number of hydrogen-bond acceptors (Lipinski definition) is 10. The highest BCUT2D eigenvalue weighted by atomic mass is 35.5. The summed E-state index contributed by atoms with van der Waals surface area (Å²) in [6, 6.07) is 5.60. The molecule has 0 spiro atoms. The van der Waals surface area contributed by atoms with Crippen molar-refractivity contribution in [3.8, 4) is 0 Å². The number of amides is 2. The van der Waals surface area contributed by atoms with Crippen LogP contribution in [0.3, 0.4) is 0 Å². The Morgan fingerprint density at radius 3 is 2.59 bits per heavy atom. The maximum Gasteiger partial charge on any atom is 0.280 e. The number of nitrogens with two attached hydrogens (primary N) is 3. The summed E-state index contributed by atoms with van der Waals surface area (Å²) in [6.45, 7) is 2.82. The molecule has 0 radical (unpaired) electrons. The highest BCUT2D eigenvalue weighted by Gasteiger charge is 2.22. The molecule has 37 heavy (non-hydrogen) atoms. The van der Waals surface area contributed by atoms with E-state index in [-0.39, 0.29) is 47.7 Å². The molecule has 1 saturated heterocycles. The topological polar surface area (TPSA) is 219 Å². The number of ether oxygens (including phenoxy) is 1. The van der Waals surface area contributed by atoms with Crippen LogP contribution < -0.4 is 27.8 Å². The molecule has 200 valence electrons. The second-order valence-corrected chi connectivity index (χ2v) is 8.96. The summed E-state index contributed by atoms with van der Waals surface area (Å²) in [5.41, 5.74) is 18.9. The Bertz CT molecular complexity index is 1140. The van der Waals surface area contributed by atoms with Gasteiger partial charge in [0, 0.05) is 31.2 Å². The first-order valence-corrected chi connectivity index (χ1v) is 12.1. The van der Waals surface area contributed by atoms with E-state index in [9.17, 15) is 9.59 Å². The number of aliphatic hydroxyl groups is 1. The van der Waals surface area contributed by atoms with E-state index in [1.807, 2.05) is 12.1 Å². The highest BCUT2D eigenvalue weighted by Crippen LogP contribution is 2.19. The minimum absolute atomic E-state index is 0.000964. The smallest absolute Gasteiger partial charge is 0.280 e. The van der Waals surface area contributed by atoms with E-state index in [0.29, 0.717) is 25.1 Å². The van der Waals surface area contributed by atoms with Crippen LogP contribution in [0.5, 0.6) is 0 Å². The van der Waals surface area contributed by atoms with E-state index in [1.54, 1.807) is 6.07 Å². The minimum Gasteiger partial charge on any atom is -0.394 e. The van der Waals surface area contributed by atoms with Crippen LogP contribution in [0.1, 0.15) is 44.8 Å². The molecule has 14 heteroatoms. The average Bonchev–Trinajstić information content (AvgIpc) is 2.85. The quantitative estimate of drug-likeness (QED) is 0.122. The monoisotopic (exact) mass is 533 g/mol. The van der Waals surface area contributed by atoms with Gasteiger partial charge in [0.15, 0.2) is 28.4 Å². The van der Waals surface area contributed by atoms with Crippen molar-refractivity contribution in [1.29, 1.82) is 5.41 Å². The van der Waals surface area contributed by atoms with Crippen molar-refractivity contribution in [3.05, 3.63) is 45.7 Å². The van der Waals surface area contributed by atoms with Crippen molar-refractivity contribution < 1.29 is 19.4 Å². The maximum absolute atomic E-state index is 12.4. The number of piperidine rings is 1. The van der Waals surface area contributed by atoms with Crippen LogP contribution in [0.25, 0.3) is 0 Å². The Hall–Kier alpha value is -3.52. The number of nitrogen functional groups attached to an aromatic ring is 2. The second-order valence-electron chi connectivity index (χ2n) is 8.60. The Morgan fingerprint density at radius 2 is 1.92 bits per heavy atom. The molecule has 0 unspecified atom stereocenters. The van der Waals surface area contributed by atoms with Gasteiger partial charge in [-0.2, -0.15) is 0 Å². The number of anilines is 2. The van der Waals surface area contributed by atoms with Gasteiger partial charge in [0.25, 0.3) is 5.91 Å². The number of primary amides is 1. The number of nitrogens with zero attached hydrogens (tertiary/aromatic N) is 3. The molecule has 3 rings (SSSR count). The van der Waals surface area contributed by atoms with Crippen LogP contribution in [0, 0.1) is 5.41 Å². The number of guanidine groups is 1. The van der Waals surface area contributed by atoms with Gasteiger partial charge in [-0.05, 0) is 36.5 Å². The van der Waals surface area contributed by atoms with Gasteiger partial charge < -0.3 is 32.4 Å². The Balaban J connectivity index is 1.49. The van der Waals surface area contributed by atoms with Gasteiger partial charge in [0.05, 0.1) is 19.8 Å². The van der Waals surface area contributed by atoms with E-state index in [2.05, 4.69) is 25.5 Å². The molecule has 2 aromatic rings. The van der Waals surface area contributed by atoms with E-state index >= 15 is 0 Å². The van der Waals surface area contributed by atoms with Gasteiger partial charge >= 0.3 is 0 Å². The first-order valence-electron chi connectivity index (χ1n) is 11.8. The average molecular weight is 534 g/mol. The van der Waals surface area contributed by atoms with Gasteiger partial charge in [-0.1, -0.05) is 23.7 Å². The Labute approximate surface area is 219 Å². The Kier molecular flexibility index (Phi) is 9.97. The summed E-state index contributed by atoms with van der Waals surface area (Å²) in [6.07, 6.45) is 2.04. The third-order valence-corrected chi connectivity index (χ3v) is 6.17. The molecule has 10 N–H and O–H groups in total. The molecule has 0 bridgehead atoms. The molecule has 0 aliphatic carbocycles. The number of hydrogen-bond donors (Lipinski definition) is 7. The lowest BCUT2D eigenvalue weighted by Crippen LogP contribution is -2.49. The van der Waals surface area contributed by atoms with E-state index in [1.165, 1.54) is 0 Å². The number of rotatable bonds is 10. The number of carbonyl (C=O) groups excluding carboxylic acids is 2. The normalized spacial score (nSPS) is 14.3. The second kappa shape index (κ2) is 13.1. The zero-order valence-corrected chi connectivity index (χ0v) is 21.1. The van der Waals surface area contributed by atoms with Crippen molar-refractivity contribution >= 4 is 41.0 Å². The van der Waals surface area contributed by atoms with Crippen molar-refractivity contribution in [2.75, 3.05) is 44.4 Å². The predicted octanol–water partition coefficient (Wildman–Crippen LogP) is -0.137. The molecule has 0 saturated carbocycles. The van der Waals surface area contributed by atoms with Gasteiger partial charge in [-0.3, -0.25) is 25.2 Å². The lowest BCUT2D eigenvalue weighted by molar-refractivity contribution is 0.0936. The van der Waals surface area contributed by atoms with Crippen molar-refractivity contribution in [2.45, 2.75) is 31.8 Å². The van der Waals surface area contributed by atoms with E-state index in [0.717, 1.165) is 37.1 Å². The molecule has 1 aliphatic heterocycles. The summed E-state index contributed by atoms with van der Waals surface area (Å²) >= 11 is 5.82. The van der Waals surface area contributed by atoms with Crippen molar-refractivity contribution in [2.24, 2.45) is 5.73 Å². The van der Waals surface area contributed by atoms with Crippen molar-refractivity contribution in [1.82, 2.24) is 25.5 Å². The lowest BCUT2D eigenvalue weighted by Gasteiger charge is -2.33. The number of benzene rings is 1. The van der Waals surface area contributed by atoms with E-state index < -0.39 is 11.8 Å². The summed E-state index contributed by atoms with van der Waals surface area (Å²) in [5.74, 6) is -1.63. The Morgan fingerprint density at radius 1 is 1.19 bits per heavy atom. The van der Waals surface area contributed by atoms with E-state index in [4.69, 9.17) is 44.1 Å². The van der Waals surface area contributed by atoms with Gasteiger partial charge in [0.1, 0.15) is 0 Å². The molecule has 0 atom stereocenters. The molecule has 1 fully saturated rings. The SMILES string of the molecule is N=C(NC(=O)c1nc(Cl)c(N)nc1N)NC1CCN(Cc2ccc(C(N)=O)c(CCOCCO)c2)CC1. The van der Waals surface area contributed by atoms with Gasteiger partial charge in [0.2, 0.25) is 5.91 Å². The largest absolute Gasteiger partial charge is 0.394 e. The summed E-state index contributed by atoms with van der Waals surface area (Å²) < 4.78 is 5.33. The molecule has 2 amide bonds.